The number of hydrogen-bond donors (Lipinski definition) is 0. The van der Waals surface area contributed by atoms with Crippen molar-refractivity contribution in [1.82, 2.24) is 24.6 Å². The van der Waals surface area contributed by atoms with Crippen molar-refractivity contribution in [1.29, 1.82) is 0 Å². The maximum absolute atomic E-state index is 13.3. The highest BCUT2D eigenvalue weighted by atomic mass is 16.5. The minimum absolute atomic E-state index is 0.0230. The zero-order valence-electron chi connectivity index (χ0n) is 22.6. The molecule has 9 nitrogen and oxygen atoms in total. The number of para-hydroxylation sites is 1. The first-order chi connectivity index (χ1) is 19.6. The first kappa shape index (κ1) is 25.4. The normalized spacial score (nSPS) is 13.4. The van der Waals surface area contributed by atoms with Gasteiger partial charge in [-0.2, -0.15) is 5.10 Å². The van der Waals surface area contributed by atoms with Crippen LogP contribution in [-0.4, -0.2) is 70.9 Å². The molecule has 3 heterocycles. The molecule has 0 atom stereocenters. The number of fused-ring (bicyclic) bond motifs is 1. The van der Waals surface area contributed by atoms with E-state index in [0.29, 0.717) is 12.1 Å². The van der Waals surface area contributed by atoms with E-state index in [-0.39, 0.29) is 5.91 Å². The summed E-state index contributed by atoms with van der Waals surface area (Å²) in [6.07, 6.45) is 3.45. The minimum Gasteiger partial charge on any atom is -0.495 e. The van der Waals surface area contributed by atoms with Crippen molar-refractivity contribution in [2.75, 3.05) is 50.1 Å². The molecule has 1 amide bonds. The monoisotopic (exact) mass is 533 g/mol. The summed E-state index contributed by atoms with van der Waals surface area (Å²) < 4.78 is 7.54. The van der Waals surface area contributed by atoms with E-state index in [4.69, 9.17) is 4.74 Å². The highest BCUT2D eigenvalue weighted by Crippen LogP contribution is 2.32. The van der Waals surface area contributed by atoms with Crippen molar-refractivity contribution in [3.63, 3.8) is 0 Å². The Labute approximate surface area is 233 Å². The molecule has 0 unspecified atom stereocenters. The molecule has 5 aromatic rings. The number of carbonyl (C=O) groups is 1. The molecule has 0 spiro atoms. The fourth-order valence-corrected chi connectivity index (χ4v) is 5.22. The standard InChI is InChI=1S/C31H31N7O2/c1-35(21-23-9-5-3-6-10-23)31(39)24-13-14-28(40-2)27(19-24)36-15-17-37(18-16-36)29-26-20-34-38(30(26)33-22-32-29)25-11-7-4-8-12-25/h3-14,19-20,22H,15-18,21H2,1-2H3. The van der Waals surface area contributed by atoms with Crippen LogP contribution in [0.4, 0.5) is 11.5 Å². The predicted molar refractivity (Wildman–Crippen MR) is 156 cm³/mol. The van der Waals surface area contributed by atoms with Crippen LogP contribution >= 0.6 is 0 Å². The second-order valence-corrected chi connectivity index (χ2v) is 9.83. The van der Waals surface area contributed by atoms with Crippen molar-refractivity contribution in [3.05, 3.63) is 103 Å². The van der Waals surface area contributed by atoms with Gasteiger partial charge in [0.2, 0.25) is 0 Å². The van der Waals surface area contributed by atoms with E-state index in [1.807, 2.05) is 96.8 Å². The lowest BCUT2D eigenvalue weighted by atomic mass is 10.1. The number of rotatable bonds is 7. The van der Waals surface area contributed by atoms with Gasteiger partial charge in [-0.15, -0.1) is 0 Å². The summed E-state index contributed by atoms with van der Waals surface area (Å²) in [5, 5.41) is 5.52. The summed E-state index contributed by atoms with van der Waals surface area (Å²) in [7, 11) is 3.50. The number of amides is 1. The van der Waals surface area contributed by atoms with Crippen LogP contribution in [0.2, 0.25) is 0 Å². The number of aromatic nitrogens is 4. The Hall–Kier alpha value is -4.92. The third-order valence-corrected chi connectivity index (χ3v) is 7.30. The van der Waals surface area contributed by atoms with Crippen molar-refractivity contribution in [2.24, 2.45) is 0 Å². The molecule has 1 aliphatic rings. The molecule has 9 heteroatoms. The average Bonchev–Trinajstić information content (AvgIpc) is 3.46. The SMILES string of the molecule is COc1ccc(C(=O)N(C)Cc2ccccc2)cc1N1CCN(c2ncnc3c2cnn3-c2ccccc2)CC1. The molecule has 6 rings (SSSR count). The Kier molecular flexibility index (Phi) is 7.01. The number of piperazine rings is 1. The van der Waals surface area contributed by atoms with Gasteiger partial charge in [0.25, 0.3) is 5.91 Å². The van der Waals surface area contributed by atoms with Gasteiger partial charge in [0.15, 0.2) is 5.65 Å². The number of methoxy groups -OCH3 is 1. The van der Waals surface area contributed by atoms with Crippen LogP contribution in [0.1, 0.15) is 15.9 Å². The fourth-order valence-electron chi connectivity index (χ4n) is 5.22. The van der Waals surface area contributed by atoms with Crippen molar-refractivity contribution in [2.45, 2.75) is 6.54 Å². The predicted octanol–water partition coefficient (Wildman–Crippen LogP) is 4.42. The van der Waals surface area contributed by atoms with Gasteiger partial charge in [-0.3, -0.25) is 4.79 Å². The average molecular weight is 534 g/mol. The Morgan fingerprint density at radius 1 is 0.900 bits per heavy atom. The quantitative estimate of drug-likeness (QED) is 0.306. The summed E-state index contributed by atoms with van der Waals surface area (Å²) >= 11 is 0. The molecule has 3 aromatic carbocycles. The molecular weight excluding hydrogens is 502 g/mol. The van der Waals surface area contributed by atoms with E-state index >= 15 is 0 Å². The van der Waals surface area contributed by atoms with Crippen molar-refractivity contribution >= 4 is 28.4 Å². The zero-order valence-corrected chi connectivity index (χ0v) is 22.6. The Bertz CT molecular complexity index is 1610. The summed E-state index contributed by atoms with van der Waals surface area (Å²) in [4.78, 5) is 28.7. The van der Waals surface area contributed by atoms with E-state index < -0.39 is 0 Å². The molecule has 0 bridgehead atoms. The Morgan fingerprint density at radius 2 is 1.60 bits per heavy atom. The van der Waals surface area contributed by atoms with Crippen LogP contribution < -0.4 is 14.5 Å². The number of ether oxygens (including phenoxy) is 1. The van der Waals surface area contributed by atoms with Crippen LogP contribution in [0.5, 0.6) is 5.75 Å². The summed E-state index contributed by atoms with van der Waals surface area (Å²) in [5.74, 6) is 1.61. The van der Waals surface area contributed by atoms with Gasteiger partial charge in [0.1, 0.15) is 17.9 Å². The third-order valence-electron chi connectivity index (χ3n) is 7.30. The lowest BCUT2D eigenvalue weighted by Crippen LogP contribution is -2.47. The molecule has 2 aromatic heterocycles. The van der Waals surface area contributed by atoms with Crippen LogP contribution in [0, 0.1) is 0 Å². The lowest BCUT2D eigenvalue weighted by molar-refractivity contribution is 0.0785. The highest BCUT2D eigenvalue weighted by Gasteiger charge is 2.24. The third kappa shape index (κ3) is 4.93. The summed E-state index contributed by atoms with van der Waals surface area (Å²) in [6, 6.07) is 25.7. The molecule has 0 radical (unpaired) electrons. The molecular formula is C31H31N7O2. The van der Waals surface area contributed by atoms with Gasteiger partial charge in [-0.1, -0.05) is 48.5 Å². The largest absolute Gasteiger partial charge is 0.495 e. The fraction of sp³-hybridized carbons (Fsp3) is 0.226. The number of benzene rings is 3. The maximum atomic E-state index is 13.3. The molecule has 1 fully saturated rings. The highest BCUT2D eigenvalue weighted by molar-refractivity contribution is 5.95. The van der Waals surface area contributed by atoms with Crippen molar-refractivity contribution < 1.29 is 9.53 Å². The van der Waals surface area contributed by atoms with Gasteiger partial charge in [0.05, 0.1) is 30.1 Å². The topological polar surface area (TPSA) is 79.6 Å². The molecule has 40 heavy (non-hydrogen) atoms. The first-order valence-electron chi connectivity index (χ1n) is 13.3. The second-order valence-electron chi connectivity index (χ2n) is 9.83. The van der Waals surface area contributed by atoms with E-state index in [1.165, 1.54) is 0 Å². The molecule has 0 N–H and O–H groups in total. The summed E-state index contributed by atoms with van der Waals surface area (Å²) in [5.41, 5.74) is 4.40. The Morgan fingerprint density at radius 3 is 2.33 bits per heavy atom. The van der Waals surface area contributed by atoms with Gasteiger partial charge >= 0.3 is 0 Å². The number of carbonyl (C=O) groups excluding carboxylic acids is 1. The van der Waals surface area contributed by atoms with Crippen LogP contribution in [0.25, 0.3) is 16.7 Å². The van der Waals surface area contributed by atoms with Gasteiger partial charge < -0.3 is 19.4 Å². The minimum atomic E-state index is -0.0230. The van der Waals surface area contributed by atoms with E-state index in [0.717, 1.165) is 65.7 Å². The van der Waals surface area contributed by atoms with E-state index in [2.05, 4.69) is 24.9 Å². The molecule has 1 aliphatic heterocycles. The smallest absolute Gasteiger partial charge is 0.253 e. The van der Waals surface area contributed by atoms with Crippen LogP contribution in [0.15, 0.2) is 91.4 Å². The van der Waals surface area contributed by atoms with Gasteiger partial charge in [-0.05, 0) is 35.9 Å². The number of hydrogen-bond acceptors (Lipinski definition) is 7. The molecule has 202 valence electrons. The maximum Gasteiger partial charge on any atom is 0.253 e. The molecule has 1 saturated heterocycles. The lowest BCUT2D eigenvalue weighted by Gasteiger charge is -2.37. The van der Waals surface area contributed by atoms with Crippen LogP contribution in [-0.2, 0) is 6.54 Å². The van der Waals surface area contributed by atoms with Crippen molar-refractivity contribution in [3.8, 4) is 11.4 Å². The second kappa shape index (κ2) is 11.1. The Balaban J connectivity index is 1.19. The van der Waals surface area contributed by atoms with Gasteiger partial charge in [-0.25, -0.2) is 14.6 Å². The number of nitrogens with zero attached hydrogens (tertiary/aromatic N) is 7. The molecule has 0 saturated carbocycles. The zero-order chi connectivity index (χ0) is 27.5. The summed E-state index contributed by atoms with van der Waals surface area (Å²) in [6.45, 7) is 3.59. The van der Waals surface area contributed by atoms with Gasteiger partial charge in [0, 0.05) is 45.3 Å². The van der Waals surface area contributed by atoms with Crippen LogP contribution in [0.3, 0.4) is 0 Å². The number of anilines is 2. The first-order valence-corrected chi connectivity index (χ1v) is 13.3. The van der Waals surface area contributed by atoms with E-state index in [1.54, 1.807) is 18.3 Å². The van der Waals surface area contributed by atoms with E-state index in [9.17, 15) is 4.79 Å². The molecule has 0 aliphatic carbocycles.